The Morgan fingerprint density at radius 2 is 1.49 bits per heavy atom. The molecule has 4 N–H and O–H groups in total. The molecule has 2 fully saturated rings. The van der Waals surface area contributed by atoms with Crippen molar-refractivity contribution in [3.05, 3.63) is 71.5 Å². The van der Waals surface area contributed by atoms with Gasteiger partial charge in [0.25, 0.3) is 11.8 Å². The number of likely N-dealkylation sites (N-methyl/N-ethyl adjacent to an activating group) is 4. The summed E-state index contributed by atoms with van der Waals surface area (Å²) in [6.45, 7) is 0. The van der Waals surface area contributed by atoms with Crippen molar-refractivity contribution < 1.29 is 19.5 Å². The lowest BCUT2D eigenvalue weighted by molar-refractivity contribution is -0.151. The van der Waals surface area contributed by atoms with Crippen LogP contribution in [0.4, 0.5) is 4.79 Å². The molecule has 0 radical (unpaired) electrons. The molecule has 0 unspecified atom stereocenters. The van der Waals surface area contributed by atoms with Gasteiger partial charge >= 0.3 is 6.03 Å². The second-order valence-corrected chi connectivity index (χ2v) is 10.6. The smallest absolute Gasteiger partial charge is 0.327 e. The Bertz CT molecular complexity index is 1770. The number of amides is 4. The van der Waals surface area contributed by atoms with Crippen molar-refractivity contribution in [2.24, 2.45) is 0 Å². The minimum Gasteiger partial charge on any atom is -0.385 e. The van der Waals surface area contributed by atoms with Crippen molar-refractivity contribution in [1.82, 2.24) is 29.6 Å². The zero-order valence-corrected chi connectivity index (χ0v) is 21.8. The van der Waals surface area contributed by atoms with Gasteiger partial charge in [0, 0.05) is 61.8 Å². The third-order valence-electron chi connectivity index (χ3n) is 9.18. The number of hydrogen-bond acceptors (Lipinski definition) is 5. The van der Waals surface area contributed by atoms with Crippen LogP contribution in [0.5, 0.6) is 0 Å². The number of fused-ring (bicyclic) bond motifs is 5. The van der Waals surface area contributed by atoms with E-state index in [1.54, 1.807) is 20.3 Å². The third kappa shape index (κ3) is 2.34. The number of carbonyl (C=O) groups is 3. The fraction of sp³-hybridized carbons (Fsp3) is 0.286. The molecule has 4 amide bonds. The number of carbonyl (C=O) groups excluding carboxylic acids is 3. The summed E-state index contributed by atoms with van der Waals surface area (Å²) in [5.41, 5.74) is -0.808. The second kappa shape index (κ2) is 7.26. The Labute approximate surface area is 223 Å². The van der Waals surface area contributed by atoms with Crippen LogP contribution in [0.25, 0.3) is 21.8 Å². The molecule has 2 aliphatic heterocycles. The van der Waals surface area contributed by atoms with Gasteiger partial charge in [-0.25, -0.2) is 4.79 Å². The number of aliphatic hydroxyl groups is 1. The van der Waals surface area contributed by atoms with Gasteiger partial charge in [0.1, 0.15) is 6.10 Å². The van der Waals surface area contributed by atoms with Crippen LogP contribution in [0, 0.1) is 5.41 Å². The highest BCUT2D eigenvalue weighted by Gasteiger charge is 2.77. The molecule has 2 saturated heterocycles. The lowest BCUT2D eigenvalue weighted by atomic mass is 9.57. The molecule has 2 aromatic heterocycles. The zero-order valence-electron chi connectivity index (χ0n) is 21.8. The number of aliphatic hydroxyl groups excluding tert-OH is 1. The standard InChI is InChI=1S/C28H27N7O4/c1-32-24(38)28(34(3)25(32)29)20(16-13-30-17-11-7-5-9-14(16)17)27(23(37)33(2)26(39)35(27)4)21-19(22(28)36)15-10-6-8-12-18(15)31-21/h5-13,20,22,29-31,36H,1-4H3/t20-,22-,27+,28+/m0/s1. The van der Waals surface area contributed by atoms with Gasteiger partial charge in [-0.3, -0.25) is 24.8 Å². The molecule has 4 heterocycles. The Balaban J connectivity index is 1.72. The Kier molecular flexibility index (Phi) is 4.37. The predicted octanol–water partition coefficient (Wildman–Crippen LogP) is 2.28. The monoisotopic (exact) mass is 525 g/mol. The number of rotatable bonds is 1. The maximum Gasteiger partial charge on any atom is 0.327 e. The van der Waals surface area contributed by atoms with Crippen LogP contribution >= 0.6 is 0 Å². The number of para-hydroxylation sites is 2. The van der Waals surface area contributed by atoms with Crippen molar-refractivity contribution in [3.63, 3.8) is 0 Å². The van der Waals surface area contributed by atoms with Gasteiger partial charge in [0.2, 0.25) is 5.96 Å². The van der Waals surface area contributed by atoms with Gasteiger partial charge in [0.05, 0.1) is 11.6 Å². The quantitative estimate of drug-likeness (QED) is 0.282. The summed E-state index contributed by atoms with van der Waals surface area (Å²) in [7, 11) is 6.06. The van der Waals surface area contributed by atoms with Gasteiger partial charge in [-0.1, -0.05) is 36.4 Å². The van der Waals surface area contributed by atoms with E-state index in [-0.39, 0.29) is 5.96 Å². The molecule has 0 saturated carbocycles. The number of nitrogens with zero attached hydrogens (tertiary/aromatic N) is 4. The molecule has 11 heteroatoms. The summed E-state index contributed by atoms with van der Waals surface area (Å²) < 4.78 is 0. The number of hydrogen-bond donors (Lipinski definition) is 4. The first-order valence-corrected chi connectivity index (χ1v) is 12.6. The summed E-state index contributed by atoms with van der Waals surface area (Å²) in [4.78, 5) is 54.3. The van der Waals surface area contributed by atoms with Gasteiger partial charge in [-0.15, -0.1) is 0 Å². The minimum absolute atomic E-state index is 0.116. The number of nitrogens with one attached hydrogen (secondary N) is 3. The molecular formula is C28H27N7O4. The van der Waals surface area contributed by atoms with Crippen LogP contribution in [0.1, 0.15) is 28.8 Å². The number of urea groups is 1. The van der Waals surface area contributed by atoms with E-state index in [9.17, 15) is 19.5 Å². The van der Waals surface area contributed by atoms with Gasteiger partial charge in [0.15, 0.2) is 11.1 Å². The highest BCUT2D eigenvalue weighted by Crippen LogP contribution is 2.64. The number of guanidine groups is 1. The first-order valence-electron chi connectivity index (χ1n) is 12.6. The van der Waals surface area contributed by atoms with E-state index in [4.69, 9.17) is 5.41 Å². The van der Waals surface area contributed by atoms with E-state index in [0.717, 1.165) is 15.8 Å². The molecule has 4 aromatic rings. The molecule has 4 atom stereocenters. The predicted molar refractivity (Wildman–Crippen MR) is 143 cm³/mol. The van der Waals surface area contributed by atoms with E-state index in [1.807, 2.05) is 48.5 Å². The van der Waals surface area contributed by atoms with Crippen molar-refractivity contribution >= 4 is 45.6 Å². The maximum atomic E-state index is 14.6. The molecule has 7 rings (SSSR count). The van der Waals surface area contributed by atoms with Gasteiger partial charge in [-0.05, 0) is 17.7 Å². The normalized spacial score (nSPS) is 28.8. The molecule has 3 aliphatic rings. The van der Waals surface area contributed by atoms with Crippen LogP contribution in [0.15, 0.2) is 54.7 Å². The molecular weight excluding hydrogens is 498 g/mol. The van der Waals surface area contributed by atoms with Crippen molar-refractivity contribution in [2.45, 2.75) is 23.1 Å². The molecule has 198 valence electrons. The Morgan fingerprint density at radius 3 is 2.10 bits per heavy atom. The van der Waals surface area contributed by atoms with Crippen LogP contribution < -0.4 is 0 Å². The minimum atomic E-state index is -1.83. The summed E-state index contributed by atoms with van der Waals surface area (Å²) in [6.07, 6.45) is 0.296. The maximum absolute atomic E-state index is 14.6. The number of H-pyrrole nitrogens is 2. The molecule has 1 aliphatic carbocycles. The van der Waals surface area contributed by atoms with Crippen LogP contribution in [-0.2, 0) is 15.1 Å². The second-order valence-electron chi connectivity index (χ2n) is 10.6. The average Bonchev–Trinajstić information content (AvgIpc) is 3.63. The first kappa shape index (κ1) is 23.5. The average molecular weight is 526 g/mol. The van der Waals surface area contributed by atoms with Gasteiger partial charge in [-0.2, -0.15) is 0 Å². The molecule has 11 nitrogen and oxygen atoms in total. The van der Waals surface area contributed by atoms with Crippen molar-refractivity contribution in [1.29, 1.82) is 5.41 Å². The van der Waals surface area contributed by atoms with E-state index in [1.165, 1.54) is 28.8 Å². The zero-order chi connectivity index (χ0) is 27.6. The number of aromatic amines is 2. The van der Waals surface area contributed by atoms with E-state index in [0.29, 0.717) is 27.7 Å². The topological polar surface area (TPSA) is 140 Å². The van der Waals surface area contributed by atoms with Crippen LogP contribution in [0.3, 0.4) is 0 Å². The van der Waals surface area contributed by atoms with Crippen molar-refractivity contribution in [3.8, 4) is 0 Å². The Hall–Kier alpha value is -4.64. The third-order valence-corrected chi connectivity index (χ3v) is 9.18. The summed E-state index contributed by atoms with van der Waals surface area (Å²) in [5, 5.41) is 22.6. The number of aromatic nitrogens is 2. The molecule has 2 spiro atoms. The first-order chi connectivity index (χ1) is 18.6. The van der Waals surface area contributed by atoms with Crippen LogP contribution in [-0.4, -0.2) is 92.2 Å². The summed E-state index contributed by atoms with van der Waals surface area (Å²) in [6, 6.07) is 14.3. The largest absolute Gasteiger partial charge is 0.385 e. The SMILES string of the molecule is CN1C(=N)N(C)[C@]2(C1=O)[C@@H](c1c[nH]c3ccccc13)[C@]1(C(=O)N(C)C(=O)N1C)c1[nH]c3ccccc3c1[C@@H]2O. The lowest BCUT2D eigenvalue weighted by Gasteiger charge is -2.54. The molecule has 39 heavy (non-hydrogen) atoms. The van der Waals surface area contributed by atoms with Crippen LogP contribution in [0.2, 0.25) is 0 Å². The van der Waals surface area contributed by atoms with Crippen molar-refractivity contribution in [2.75, 3.05) is 28.2 Å². The fourth-order valence-electron chi connectivity index (χ4n) is 7.36. The lowest BCUT2D eigenvalue weighted by Crippen LogP contribution is -2.69. The highest BCUT2D eigenvalue weighted by molar-refractivity contribution is 6.14. The molecule has 2 aromatic carbocycles. The number of benzene rings is 2. The van der Waals surface area contributed by atoms with E-state index in [2.05, 4.69) is 9.97 Å². The van der Waals surface area contributed by atoms with E-state index >= 15 is 0 Å². The Morgan fingerprint density at radius 1 is 0.846 bits per heavy atom. The summed E-state index contributed by atoms with van der Waals surface area (Å²) in [5.74, 6) is -2.27. The van der Waals surface area contributed by atoms with Gasteiger partial charge < -0.3 is 24.9 Å². The highest BCUT2D eigenvalue weighted by atomic mass is 16.3. The van der Waals surface area contributed by atoms with E-state index < -0.39 is 40.9 Å². The fourth-order valence-corrected chi connectivity index (χ4v) is 7.36. The number of imide groups is 1. The summed E-state index contributed by atoms with van der Waals surface area (Å²) >= 11 is 0. The molecule has 0 bridgehead atoms.